The maximum absolute atomic E-state index is 12.8. The Morgan fingerprint density at radius 1 is 1.00 bits per heavy atom. The Kier molecular flexibility index (Phi) is 9.98. The smallest absolute Gasteiger partial charge is 0.256 e. The summed E-state index contributed by atoms with van der Waals surface area (Å²) in [5.74, 6) is 1.39. The molecule has 5 rings (SSSR count). The van der Waals surface area contributed by atoms with E-state index in [1.165, 1.54) is 14.2 Å². The van der Waals surface area contributed by atoms with E-state index in [1.54, 1.807) is 99.8 Å². The minimum absolute atomic E-state index is 0.130. The number of likely N-dealkylation sites (N-methyl/N-ethyl adjacent to an activating group) is 1. The first-order valence-electron chi connectivity index (χ1n) is 15.3. The van der Waals surface area contributed by atoms with Gasteiger partial charge in [0.15, 0.2) is 22.8 Å². The number of carbonyl (C=O) groups excluding carboxylic acids is 2. The second kappa shape index (κ2) is 14.1. The number of para-hydroxylation sites is 2. The SMILES string of the molecule is COc1cc2c(cc1OC)C(Nc1ccc(Oc3ccccc3OOC(C)(C)C(=O)NCC(=O)N(C)C3CC3)cc1)(OC)C(C#N)=CN2. The second-order valence-corrected chi connectivity index (χ2v) is 11.7. The van der Waals surface area contributed by atoms with Gasteiger partial charge in [-0.3, -0.25) is 9.59 Å². The van der Waals surface area contributed by atoms with Gasteiger partial charge in [-0.05, 0) is 69.2 Å². The molecule has 2 amide bonds. The lowest BCUT2D eigenvalue weighted by Crippen LogP contribution is -2.48. The zero-order valence-electron chi connectivity index (χ0n) is 27.7. The Labute approximate surface area is 279 Å². The maximum atomic E-state index is 12.8. The monoisotopic (exact) mass is 657 g/mol. The molecule has 1 unspecified atom stereocenters. The van der Waals surface area contributed by atoms with Crippen molar-refractivity contribution in [1.29, 1.82) is 5.26 Å². The highest BCUT2D eigenvalue weighted by atomic mass is 17.2. The van der Waals surface area contributed by atoms with Gasteiger partial charge in [-0.25, -0.2) is 0 Å². The van der Waals surface area contributed by atoms with E-state index in [9.17, 15) is 14.9 Å². The number of nitrogens with one attached hydrogen (secondary N) is 3. The van der Waals surface area contributed by atoms with Gasteiger partial charge in [0.25, 0.3) is 5.91 Å². The van der Waals surface area contributed by atoms with E-state index in [1.807, 2.05) is 0 Å². The van der Waals surface area contributed by atoms with Gasteiger partial charge in [0.1, 0.15) is 17.4 Å². The van der Waals surface area contributed by atoms with Gasteiger partial charge in [0.2, 0.25) is 17.4 Å². The molecule has 1 aliphatic heterocycles. The van der Waals surface area contributed by atoms with Crippen LogP contribution in [0.4, 0.5) is 11.4 Å². The summed E-state index contributed by atoms with van der Waals surface area (Å²) in [6.45, 7) is 2.95. The molecule has 3 aromatic rings. The Morgan fingerprint density at radius 3 is 2.29 bits per heavy atom. The molecule has 3 aromatic carbocycles. The van der Waals surface area contributed by atoms with Crippen LogP contribution in [0.25, 0.3) is 0 Å². The maximum Gasteiger partial charge on any atom is 0.256 e. The molecule has 2 aliphatic rings. The molecule has 0 saturated heterocycles. The van der Waals surface area contributed by atoms with Crippen LogP contribution < -0.4 is 35.0 Å². The van der Waals surface area contributed by atoms with Crippen LogP contribution in [0.2, 0.25) is 0 Å². The van der Waals surface area contributed by atoms with Crippen molar-refractivity contribution >= 4 is 23.2 Å². The van der Waals surface area contributed by atoms with Crippen LogP contribution in [0.5, 0.6) is 28.7 Å². The predicted molar refractivity (Wildman–Crippen MR) is 177 cm³/mol. The molecule has 3 N–H and O–H groups in total. The molecule has 252 valence electrons. The number of methoxy groups -OCH3 is 3. The van der Waals surface area contributed by atoms with Gasteiger partial charge in [-0.15, -0.1) is 0 Å². The van der Waals surface area contributed by atoms with Crippen molar-refractivity contribution in [3.63, 3.8) is 0 Å². The van der Waals surface area contributed by atoms with Gasteiger partial charge < -0.3 is 44.7 Å². The topological polar surface area (TPSA) is 153 Å². The molecular weight excluding hydrogens is 618 g/mol. The number of fused-ring (bicyclic) bond motifs is 1. The van der Waals surface area contributed by atoms with Crippen LogP contribution in [0.15, 0.2) is 72.4 Å². The first kappa shape index (κ1) is 33.9. The summed E-state index contributed by atoms with van der Waals surface area (Å²) in [5, 5.41) is 19.1. The molecular formula is C35H39N5O8. The Balaban J connectivity index is 1.27. The van der Waals surface area contributed by atoms with E-state index >= 15 is 0 Å². The molecule has 1 heterocycles. The number of nitrogens with zero attached hydrogens (tertiary/aromatic N) is 2. The first-order valence-corrected chi connectivity index (χ1v) is 15.3. The first-order chi connectivity index (χ1) is 23.0. The average molecular weight is 658 g/mol. The molecule has 1 aliphatic carbocycles. The lowest BCUT2D eigenvalue weighted by atomic mass is 9.90. The van der Waals surface area contributed by atoms with Crippen molar-refractivity contribution in [2.24, 2.45) is 0 Å². The highest BCUT2D eigenvalue weighted by molar-refractivity contribution is 5.89. The average Bonchev–Trinajstić information content (AvgIpc) is 3.96. The molecule has 13 nitrogen and oxygen atoms in total. The van der Waals surface area contributed by atoms with Crippen molar-refractivity contribution in [1.82, 2.24) is 10.2 Å². The highest BCUT2D eigenvalue weighted by Gasteiger charge is 2.42. The van der Waals surface area contributed by atoms with Crippen LogP contribution in [-0.2, 0) is 24.9 Å². The fourth-order valence-corrected chi connectivity index (χ4v) is 5.09. The number of carbonyl (C=O) groups is 2. The summed E-state index contributed by atoms with van der Waals surface area (Å²) in [4.78, 5) is 37.9. The normalized spacial score (nSPS) is 16.6. The molecule has 1 saturated carbocycles. The van der Waals surface area contributed by atoms with Crippen LogP contribution in [-0.4, -0.2) is 63.3 Å². The molecule has 1 atom stereocenters. The summed E-state index contributed by atoms with van der Waals surface area (Å²) in [5.41, 5.74) is -0.513. The third kappa shape index (κ3) is 7.10. The number of benzene rings is 3. The molecule has 13 heteroatoms. The van der Waals surface area contributed by atoms with Gasteiger partial charge in [-0.1, -0.05) is 12.1 Å². The lowest BCUT2D eigenvalue weighted by Gasteiger charge is -2.38. The fraction of sp³-hybridized carbons (Fsp3) is 0.343. The number of hydrogen-bond donors (Lipinski definition) is 3. The lowest BCUT2D eigenvalue weighted by molar-refractivity contribution is -0.272. The van der Waals surface area contributed by atoms with Gasteiger partial charge in [0, 0.05) is 43.7 Å². The molecule has 0 radical (unpaired) electrons. The van der Waals surface area contributed by atoms with Gasteiger partial charge in [0.05, 0.1) is 26.5 Å². The summed E-state index contributed by atoms with van der Waals surface area (Å²) < 4.78 is 23.1. The quantitative estimate of drug-likeness (QED) is 0.121. The standard InChI is InChI=1S/C35H39N5O8/c1-34(2,33(42)38-21-32(41)40(3)24-13-14-24)48-47-29-10-8-7-9-28(29)46-25-15-11-23(12-16-25)39-35(45-6)22(19-36)20-37-27-18-31(44-5)30(43-4)17-26(27)35/h7-12,15-18,20,24,37,39H,13-14,21H2,1-6H3,(H,38,42). The van der Waals surface area contributed by atoms with Gasteiger partial charge >= 0.3 is 0 Å². The van der Waals surface area contributed by atoms with Crippen LogP contribution in [0.1, 0.15) is 32.3 Å². The summed E-state index contributed by atoms with van der Waals surface area (Å²) in [6.07, 6.45) is 3.55. The number of rotatable bonds is 14. The number of amides is 2. The molecule has 0 aromatic heterocycles. The van der Waals surface area contributed by atoms with Crippen LogP contribution in [0, 0.1) is 11.3 Å². The largest absolute Gasteiger partial charge is 0.493 e. The van der Waals surface area contributed by atoms with E-state index in [4.69, 9.17) is 28.7 Å². The number of ether oxygens (including phenoxy) is 4. The zero-order valence-corrected chi connectivity index (χ0v) is 27.7. The van der Waals surface area contributed by atoms with E-state index in [2.05, 4.69) is 22.0 Å². The molecule has 0 spiro atoms. The number of hydrogen-bond acceptors (Lipinski definition) is 11. The van der Waals surface area contributed by atoms with Crippen molar-refractivity contribution in [2.75, 3.05) is 45.6 Å². The number of anilines is 2. The third-order valence-corrected chi connectivity index (χ3v) is 8.11. The third-order valence-electron chi connectivity index (χ3n) is 8.11. The summed E-state index contributed by atoms with van der Waals surface area (Å²) >= 11 is 0. The highest BCUT2D eigenvalue weighted by Crippen LogP contribution is 2.46. The van der Waals surface area contributed by atoms with Crippen LogP contribution in [0.3, 0.4) is 0 Å². The number of nitriles is 1. The van der Waals surface area contributed by atoms with Crippen molar-refractivity contribution in [3.8, 4) is 34.8 Å². The van der Waals surface area contributed by atoms with Crippen LogP contribution >= 0.6 is 0 Å². The zero-order chi connectivity index (χ0) is 34.5. The fourth-order valence-electron chi connectivity index (χ4n) is 5.09. The second-order valence-electron chi connectivity index (χ2n) is 11.7. The van der Waals surface area contributed by atoms with E-state index in [0.29, 0.717) is 45.5 Å². The van der Waals surface area contributed by atoms with E-state index < -0.39 is 17.2 Å². The minimum Gasteiger partial charge on any atom is -0.493 e. The Bertz CT molecular complexity index is 1730. The van der Waals surface area contributed by atoms with Crippen molar-refractivity contribution in [2.45, 2.75) is 44.1 Å². The molecule has 0 bridgehead atoms. The minimum atomic E-state index is -1.41. The Hall–Kier alpha value is -5.45. The van der Waals surface area contributed by atoms with Crippen molar-refractivity contribution < 1.29 is 38.3 Å². The molecule has 48 heavy (non-hydrogen) atoms. The summed E-state index contributed by atoms with van der Waals surface area (Å²) in [7, 11) is 6.33. The molecule has 1 fully saturated rings. The summed E-state index contributed by atoms with van der Waals surface area (Å²) in [6, 6.07) is 19.9. The van der Waals surface area contributed by atoms with E-state index in [-0.39, 0.29) is 24.2 Å². The van der Waals surface area contributed by atoms with Crippen molar-refractivity contribution in [3.05, 3.63) is 78.0 Å². The van der Waals surface area contributed by atoms with Gasteiger partial charge in [-0.2, -0.15) is 10.1 Å². The Morgan fingerprint density at radius 2 is 1.67 bits per heavy atom. The predicted octanol–water partition coefficient (Wildman–Crippen LogP) is 5.07. The van der Waals surface area contributed by atoms with E-state index in [0.717, 1.165) is 12.8 Å².